The zero-order valence-corrected chi connectivity index (χ0v) is 20.8. The van der Waals surface area contributed by atoms with E-state index in [1.54, 1.807) is 0 Å². The highest BCUT2D eigenvalue weighted by Crippen LogP contribution is 2.38. The Bertz CT molecular complexity index is 1130. The van der Waals surface area contributed by atoms with Gasteiger partial charge >= 0.3 is 0 Å². The number of hydrogen-bond acceptors (Lipinski definition) is 4. The predicted molar refractivity (Wildman–Crippen MR) is 140 cm³/mol. The van der Waals surface area contributed by atoms with Gasteiger partial charge in [0, 0.05) is 41.4 Å². The third-order valence-electron chi connectivity index (χ3n) is 7.19. The van der Waals surface area contributed by atoms with Crippen LogP contribution in [0.5, 0.6) is 0 Å². The number of amides is 1. The molecule has 1 amide bonds. The lowest BCUT2D eigenvalue weighted by atomic mass is 9.87. The number of aryl methyl sites for hydroxylation is 1. The molecule has 1 aliphatic heterocycles. The first-order chi connectivity index (χ1) is 16.4. The van der Waals surface area contributed by atoms with Crippen molar-refractivity contribution in [1.82, 2.24) is 14.9 Å². The van der Waals surface area contributed by atoms with Crippen LogP contribution in [0.25, 0.3) is 22.2 Å². The molecule has 0 bridgehead atoms. The van der Waals surface area contributed by atoms with Crippen molar-refractivity contribution in [2.75, 3.05) is 19.6 Å². The highest BCUT2D eigenvalue weighted by Gasteiger charge is 2.27. The van der Waals surface area contributed by atoms with Crippen LogP contribution in [0.15, 0.2) is 36.5 Å². The fraction of sp³-hybridized carbons (Fsp3) is 0.500. The van der Waals surface area contributed by atoms with E-state index < -0.39 is 6.04 Å². The number of pyridine rings is 1. The van der Waals surface area contributed by atoms with Gasteiger partial charge in [-0.1, -0.05) is 26.3 Å². The molecule has 5 N–H and O–H groups in total. The van der Waals surface area contributed by atoms with E-state index >= 15 is 0 Å². The van der Waals surface area contributed by atoms with Gasteiger partial charge in [0.05, 0.1) is 11.7 Å². The Labute approximate surface area is 203 Å². The molecule has 0 saturated carbocycles. The summed E-state index contributed by atoms with van der Waals surface area (Å²) in [5.74, 6) is 0.951. The molecular weight excluding hydrogens is 422 g/mol. The van der Waals surface area contributed by atoms with Crippen LogP contribution < -0.4 is 11.5 Å². The average molecular weight is 462 g/mol. The first kappa shape index (κ1) is 24.4. The number of unbranched alkanes of at least 4 members (excludes halogenated alkanes) is 1. The van der Waals surface area contributed by atoms with Gasteiger partial charge in [0.1, 0.15) is 0 Å². The van der Waals surface area contributed by atoms with Gasteiger partial charge in [-0.3, -0.25) is 9.78 Å². The zero-order valence-electron chi connectivity index (χ0n) is 20.8. The van der Waals surface area contributed by atoms with Crippen molar-refractivity contribution in [3.05, 3.63) is 53.3 Å². The normalized spacial score (nSPS) is 15.9. The number of carbonyl (C=O) groups is 1. The molecule has 3 heterocycles. The number of rotatable bonds is 8. The lowest BCUT2D eigenvalue weighted by Crippen LogP contribution is -2.46. The highest BCUT2D eigenvalue weighted by molar-refractivity contribution is 5.92. The standard InChI is InChI=1S/C28H39N5O/c1-18(2)26-23-17-21(7-8-25(23)32-27(26)22-9-13-31-19(3)16-22)20-10-14-33(15-11-20)28(34)24(30)6-4-5-12-29/h7-9,13,16-18,20,24,32H,4-6,10-12,14-15,29-30H2,1-3H3. The van der Waals surface area contributed by atoms with Gasteiger partial charge in [-0.05, 0) is 86.4 Å². The van der Waals surface area contributed by atoms with Crippen molar-refractivity contribution in [1.29, 1.82) is 0 Å². The molecule has 1 aromatic carbocycles. The molecule has 6 nitrogen and oxygen atoms in total. The molecule has 182 valence electrons. The molecule has 34 heavy (non-hydrogen) atoms. The van der Waals surface area contributed by atoms with Gasteiger partial charge in [0.25, 0.3) is 0 Å². The number of nitrogens with one attached hydrogen (secondary N) is 1. The number of likely N-dealkylation sites (tertiary alicyclic amines) is 1. The van der Waals surface area contributed by atoms with Gasteiger partial charge in [0.2, 0.25) is 5.91 Å². The van der Waals surface area contributed by atoms with Crippen molar-refractivity contribution in [2.45, 2.75) is 70.8 Å². The van der Waals surface area contributed by atoms with E-state index in [2.05, 4.69) is 54.1 Å². The Balaban J connectivity index is 1.51. The van der Waals surface area contributed by atoms with Crippen LogP contribution in [-0.2, 0) is 4.79 Å². The summed E-state index contributed by atoms with van der Waals surface area (Å²) in [6.07, 6.45) is 6.39. The fourth-order valence-electron chi connectivity index (χ4n) is 5.31. The van der Waals surface area contributed by atoms with Crippen LogP contribution in [0, 0.1) is 6.92 Å². The second-order valence-electron chi connectivity index (χ2n) is 10.0. The minimum Gasteiger partial charge on any atom is -0.354 e. The van der Waals surface area contributed by atoms with Crippen LogP contribution in [0.2, 0.25) is 0 Å². The summed E-state index contributed by atoms with van der Waals surface area (Å²) in [5, 5.41) is 1.30. The number of piperidine rings is 1. The smallest absolute Gasteiger partial charge is 0.239 e. The van der Waals surface area contributed by atoms with Gasteiger partial charge in [0.15, 0.2) is 0 Å². The molecule has 1 saturated heterocycles. The summed E-state index contributed by atoms with van der Waals surface area (Å²) < 4.78 is 0. The number of nitrogens with two attached hydrogens (primary N) is 2. The fourth-order valence-corrected chi connectivity index (χ4v) is 5.31. The molecule has 0 spiro atoms. The van der Waals surface area contributed by atoms with Gasteiger partial charge < -0.3 is 21.4 Å². The Morgan fingerprint density at radius 1 is 1.18 bits per heavy atom. The number of nitrogens with zero attached hydrogens (tertiary/aromatic N) is 2. The Kier molecular flexibility index (Phi) is 7.69. The first-order valence-corrected chi connectivity index (χ1v) is 12.7. The molecule has 1 atom stereocenters. The van der Waals surface area contributed by atoms with E-state index in [0.29, 0.717) is 18.4 Å². The van der Waals surface area contributed by atoms with Crippen LogP contribution in [-0.4, -0.2) is 46.5 Å². The maximum absolute atomic E-state index is 12.8. The third kappa shape index (κ3) is 5.18. The second-order valence-corrected chi connectivity index (χ2v) is 10.0. The number of aromatic amines is 1. The van der Waals surface area contributed by atoms with E-state index in [-0.39, 0.29) is 5.91 Å². The lowest BCUT2D eigenvalue weighted by molar-refractivity contribution is -0.133. The maximum atomic E-state index is 12.8. The van der Waals surface area contributed by atoms with Crippen molar-refractivity contribution < 1.29 is 4.79 Å². The molecule has 6 heteroatoms. The monoisotopic (exact) mass is 461 g/mol. The zero-order chi connectivity index (χ0) is 24.2. The number of fused-ring (bicyclic) bond motifs is 1. The van der Waals surface area contributed by atoms with E-state index in [4.69, 9.17) is 11.5 Å². The van der Waals surface area contributed by atoms with Gasteiger partial charge in [-0.25, -0.2) is 0 Å². The van der Waals surface area contributed by atoms with E-state index in [1.807, 2.05) is 18.0 Å². The van der Waals surface area contributed by atoms with Crippen LogP contribution in [0.4, 0.5) is 0 Å². The average Bonchev–Trinajstić information content (AvgIpc) is 3.23. The SMILES string of the molecule is Cc1cc(-c2[nH]c3ccc(C4CCN(C(=O)C(N)CCCCN)CC4)cc3c2C(C)C)ccn1. The predicted octanol–water partition coefficient (Wildman–Crippen LogP) is 4.82. The number of carbonyl (C=O) groups excluding carboxylic acids is 1. The van der Waals surface area contributed by atoms with Crippen molar-refractivity contribution >= 4 is 16.8 Å². The molecule has 1 aliphatic rings. The van der Waals surface area contributed by atoms with E-state index in [0.717, 1.165) is 50.9 Å². The summed E-state index contributed by atoms with van der Waals surface area (Å²) in [5.41, 5.74) is 19.0. The Hall–Kier alpha value is -2.70. The number of aromatic nitrogens is 2. The Morgan fingerprint density at radius 2 is 1.94 bits per heavy atom. The molecule has 1 unspecified atom stereocenters. The largest absolute Gasteiger partial charge is 0.354 e. The molecular formula is C28H39N5O. The molecule has 0 aliphatic carbocycles. The third-order valence-corrected chi connectivity index (χ3v) is 7.19. The van der Waals surface area contributed by atoms with Crippen LogP contribution in [0.3, 0.4) is 0 Å². The van der Waals surface area contributed by atoms with Crippen molar-refractivity contribution in [3.63, 3.8) is 0 Å². The highest BCUT2D eigenvalue weighted by atomic mass is 16.2. The minimum absolute atomic E-state index is 0.0935. The van der Waals surface area contributed by atoms with E-state index in [9.17, 15) is 4.79 Å². The topological polar surface area (TPSA) is 101 Å². The first-order valence-electron chi connectivity index (χ1n) is 12.7. The van der Waals surface area contributed by atoms with E-state index in [1.165, 1.54) is 33.3 Å². The second kappa shape index (κ2) is 10.7. The lowest BCUT2D eigenvalue weighted by Gasteiger charge is -2.34. The number of hydrogen-bond donors (Lipinski definition) is 3. The molecule has 3 aromatic rings. The molecule has 0 radical (unpaired) electrons. The molecule has 4 rings (SSSR count). The quantitative estimate of drug-likeness (QED) is 0.418. The maximum Gasteiger partial charge on any atom is 0.239 e. The van der Waals surface area contributed by atoms with Gasteiger partial charge in [-0.2, -0.15) is 0 Å². The summed E-state index contributed by atoms with van der Waals surface area (Å²) in [6.45, 7) is 8.75. The van der Waals surface area contributed by atoms with Crippen molar-refractivity contribution in [3.8, 4) is 11.3 Å². The summed E-state index contributed by atoms with van der Waals surface area (Å²) in [4.78, 5) is 22.7. The minimum atomic E-state index is -0.400. The summed E-state index contributed by atoms with van der Waals surface area (Å²) in [6, 6.07) is 10.7. The summed E-state index contributed by atoms with van der Waals surface area (Å²) >= 11 is 0. The van der Waals surface area contributed by atoms with Crippen molar-refractivity contribution in [2.24, 2.45) is 11.5 Å². The Morgan fingerprint density at radius 3 is 2.62 bits per heavy atom. The summed E-state index contributed by atoms with van der Waals surface area (Å²) in [7, 11) is 0. The van der Waals surface area contributed by atoms with Gasteiger partial charge in [-0.15, -0.1) is 0 Å². The van der Waals surface area contributed by atoms with Crippen LogP contribution >= 0.6 is 0 Å². The number of H-pyrrole nitrogens is 1. The number of benzene rings is 1. The molecule has 1 fully saturated rings. The van der Waals surface area contributed by atoms with Crippen LogP contribution in [0.1, 0.15) is 74.6 Å². The molecule has 2 aromatic heterocycles.